The summed E-state index contributed by atoms with van der Waals surface area (Å²) in [5, 5.41) is 7.23. The molecule has 0 amide bonds. The molecule has 2 heterocycles. The number of H-pyrrole nitrogens is 1. The zero-order valence-electron chi connectivity index (χ0n) is 9.35. The number of nitrogens with two attached hydrogens (primary N) is 1. The Hall–Kier alpha value is -2.20. The average molecular weight is 260 g/mol. The highest BCUT2D eigenvalue weighted by Crippen LogP contribution is 2.35. The Balaban J connectivity index is 2.18. The predicted molar refractivity (Wildman–Crippen MR) is 71.1 cm³/mol. The van der Waals surface area contributed by atoms with E-state index in [2.05, 4.69) is 10.2 Å². The first-order chi connectivity index (χ1) is 8.75. The molecule has 3 rings (SSSR count). The number of hydrogen-bond acceptors (Lipinski definition) is 3. The number of aromatic nitrogens is 2. The highest BCUT2D eigenvalue weighted by atomic mass is 35.5. The lowest BCUT2D eigenvalue weighted by Crippen LogP contribution is -1.88. The third kappa shape index (κ3) is 1.76. The SMILES string of the molecule is Nc1n[nH]c(-c2ccc(Cl)o2)c1-c1ccccc1. The first-order valence-electron chi connectivity index (χ1n) is 5.40. The zero-order valence-corrected chi connectivity index (χ0v) is 10.1. The van der Waals surface area contributed by atoms with Gasteiger partial charge < -0.3 is 10.2 Å². The van der Waals surface area contributed by atoms with E-state index in [-0.39, 0.29) is 0 Å². The molecule has 0 fully saturated rings. The van der Waals surface area contributed by atoms with E-state index in [9.17, 15) is 0 Å². The maximum Gasteiger partial charge on any atom is 0.194 e. The van der Waals surface area contributed by atoms with Crippen molar-refractivity contribution in [2.75, 3.05) is 5.73 Å². The van der Waals surface area contributed by atoms with Crippen molar-refractivity contribution in [2.24, 2.45) is 0 Å². The number of rotatable bonds is 2. The van der Waals surface area contributed by atoms with E-state index in [0.717, 1.165) is 16.8 Å². The molecule has 0 atom stereocenters. The summed E-state index contributed by atoms with van der Waals surface area (Å²) in [6.07, 6.45) is 0. The number of nitrogens with one attached hydrogen (secondary N) is 1. The first kappa shape index (κ1) is 10.9. The van der Waals surface area contributed by atoms with Gasteiger partial charge in [-0.15, -0.1) is 0 Å². The Labute approximate surface area is 108 Å². The number of anilines is 1. The van der Waals surface area contributed by atoms with E-state index in [1.54, 1.807) is 12.1 Å². The van der Waals surface area contributed by atoms with Crippen LogP contribution < -0.4 is 5.73 Å². The minimum atomic E-state index is 0.331. The molecule has 3 N–H and O–H groups in total. The number of aromatic amines is 1. The Morgan fingerprint density at radius 3 is 2.56 bits per heavy atom. The lowest BCUT2D eigenvalue weighted by atomic mass is 10.0. The van der Waals surface area contributed by atoms with E-state index >= 15 is 0 Å². The van der Waals surface area contributed by atoms with Crippen LogP contribution in [0.2, 0.25) is 5.22 Å². The Bertz CT molecular complexity index is 673. The van der Waals surface area contributed by atoms with Crippen molar-refractivity contribution in [1.82, 2.24) is 10.2 Å². The van der Waals surface area contributed by atoms with E-state index in [1.165, 1.54) is 0 Å². The number of nitrogen functional groups attached to an aromatic ring is 1. The van der Waals surface area contributed by atoms with Crippen molar-refractivity contribution in [3.63, 3.8) is 0 Å². The van der Waals surface area contributed by atoms with Gasteiger partial charge in [0.2, 0.25) is 0 Å². The highest BCUT2D eigenvalue weighted by Gasteiger charge is 2.16. The zero-order chi connectivity index (χ0) is 12.5. The van der Waals surface area contributed by atoms with Crippen LogP contribution >= 0.6 is 11.6 Å². The summed E-state index contributed by atoms with van der Waals surface area (Å²) in [7, 11) is 0. The van der Waals surface area contributed by atoms with Gasteiger partial charge in [-0.1, -0.05) is 30.3 Å². The van der Waals surface area contributed by atoms with Crippen molar-refractivity contribution in [3.8, 4) is 22.6 Å². The fourth-order valence-electron chi connectivity index (χ4n) is 1.88. The van der Waals surface area contributed by atoms with Gasteiger partial charge in [0.05, 0.1) is 5.56 Å². The summed E-state index contributed by atoms with van der Waals surface area (Å²) < 4.78 is 5.38. The Morgan fingerprint density at radius 1 is 1.11 bits per heavy atom. The normalized spacial score (nSPS) is 10.7. The summed E-state index contributed by atoms with van der Waals surface area (Å²) in [6.45, 7) is 0. The van der Waals surface area contributed by atoms with Crippen LogP contribution in [0.25, 0.3) is 22.6 Å². The van der Waals surface area contributed by atoms with Crippen molar-refractivity contribution in [3.05, 3.63) is 47.7 Å². The molecule has 0 saturated carbocycles. The van der Waals surface area contributed by atoms with Gasteiger partial charge in [-0.3, -0.25) is 5.10 Å². The van der Waals surface area contributed by atoms with E-state index in [1.807, 2.05) is 30.3 Å². The Morgan fingerprint density at radius 2 is 1.89 bits per heavy atom. The minimum absolute atomic E-state index is 0.331. The molecule has 0 unspecified atom stereocenters. The van der Waals surface area contributed by atoms with Crippen molar-refractivity contribution in [1.29, 1.82) is 0 Å². The van der Waals surface area contributed by atoms with Gasteiger partial charge >= 0.3 is 0 Å². The van der Waals surface area contributed by atoms with Crippen LogP contribution in [0.5, 0.6) is 0 Å². The Kier molecular flexibility index (Phi) is 2.57. The van der Waals surface area contributed by atoms with Gasteiger partial charge in [-0.25, -0.2) is 0 Å². The summed E-state index contributed by atoms with van der Waals surface area (Å²) in [5.41, 5.74) is 8.43. The maximum absolute atomic E-state index is 5.90. The first-order valence-corrected chi connectivity index (χ1v) is 5.78. The minimum Gasteiger partial charge on any atom is -0.443 e. The van der Waals surface area contributed by atoms with Crippen molar-refractivity contribution >= 4 is 17.4 Å². The van der Waals surface area contributed by atoms with E-state index in [4.69, 9.17) is 21.8 Å². The van der Waals surface area contributed by atoms with Crippen LogP contribution in [0.4, 0.5) is 5.82 Å². The second kappa shape index (κ2) is 4.23. The second-order valence-corrected chi connectivity index (χ2v) is 4.20. The molecule has 0 radical (unpaired) electrons. The molecule has 0 aliphatic rings. The van der Waals surface area contributed by atoms with Gasteiger partial charge in [-0.2, -0.15) is 5.10 Å². The molecule has 90 valence electrons. The molecule has 18 heavy (non-hydrogen) atoms. The largest absolute Gasteiger partial charge is 0.443 e. The molecule has 0 aliphatic heterocycles. The van der Waals surface area contributed by atoms with Crippen LogP contribution in [0.1, 0.15) is 0 Å². The number of benzene rings is 1. The van der Waals surface area contributed by atoms with Gasteiger partial charge in [0.1, 0.15) is 5.69 Å². The van der Waals surface area contributed by atoms with Crippen molar-refractivity contribution in [2.45, 2.75) is 0 Å². The van der Waals surface area contributed by atoms with Crippen LogP contribution in [-0.2, 0) is 0 Å². The second-order valence-electron chi connectivity index (χ2n) is 3.83. The standard InChI is InChI=1S/C13H10ClN3O/c14-10-7-6-9(18-10)12-11(13(15)17-16-12)8-4-2-1-3-5-8/h1-7H,(H3,15,16,17). The fraction of sp³-hybridized carbons (Fsp3) is 0. The van der Waals surface area contributed by atoms with Crippen LogP contribution in [0.15, 0.2) is 46.9 Å². The molecule has 4 nitrogen and oxygen atoms in total. The monoisotopic (exact) mass is 259 g/mol. The smallest absolute Gasteiger partial charge is 0.194 e. The van der Waals surface area contributed by atoms with Gasteiger partial charge in [0.25, 0.3) is 0 Å². The number of furan rings is 1. The average Bonchev–Trinajstić information content (AvgIpc) is 2.96. The molecule has 0 saturated heterocycles. The lowest BCUT2D eigenvalue weighted by Gasteiger charge is -2.01. The predicted octanol–water partition coefficient (Wildman–Crippen LogP) is 3.57. The number of halogens is 1. The summed E-state index contributed by atoms with van der Waals surface area (Å²) in [4.78, 5) is 0. The molecular formula is C13H10ClN3O. The fourth-order valence-corrected chi connectivity index (χ4v) is 2.03. The number of nitrogens with zero attached hydrogens (tertiary/aromatic N) is 1. The summed E-state index contributed by atoms with van der Waals surface area (Å²) in [5.74, 6) is 1.05. The van der Waals surface area contributed by atoms with Gasteiger partial charge in [-0.05, 0) is 29.3 Å². The highest BCUT2D eigenvalue weighted by molar-refractivity contribution is 6.29. The lowest BCUT2D eigenvalue weighted by molar-refractivity contribution is 0.582. The molecule has 0 spiro atoms. The van der Waals surface area contributed by atoms with Gasteiger partial charge in [0.15, 0.2) is 16.8 Å². The third-order valence-corrected chi connectivity index (χ3v) is 2.88. The van der Waals surface area contributed by atoms with Crippen molar-refractivity contribution < 1.29 is 4.42 Å². The molecule has 3 aromatic rings. The molecule has 1 aromatic carbocycles. The maximum atomic E-state index is 5.90. The molecule has 5 heteroatoms. The van der Waals surface area contributed by atoms with Crippen LogP contribution in [-0.4, -0.2) is 10.2 Å². The van der Waals surface area contributed by atoms with Gasteiger partial charge in [0, 0.05) is 0 Å². The topological polar surface area (TPSA) is 67.8 Å². The quantitative estimate of drug-likeness (QED) is 0.739. The molecule has 2 aromatic heterocycles. The molecule has 0 aliphatic carbocycles. The summed E-state index contributed by atoms with van der Waals surface area (Å²) >= 11 is 5.78. The van der Waals surface area contributed by atoms with E-state index in [0.29, 0.717) is 16.8 Å². The van der Waals surface area contributed by atoms with Crippen LogP contribution in [0.3, 0.4) is 0 Å². The molecule has 0 bridgehead atoms. The number of hydrogen-bond donors (Lipinski definition) is 2. The third-order valence-electron chi connectivity index (χ3n) is 2.68. The summed E-state index contributed by atoms with van der Waals surface area (Å²) in [6, 6.07) is 13.2. The molecular weight excluding hydrogens is 250 g/mol. The van der Waals surface area contributed by atoms with E-state index < -0.39 is 0 Å². The van der Waals surface area contributed by atoms with Crippen LogP contribution in [0, 0.1) is 0 Å².